The van der Waals surface area contributed by atoms with Gasteiger partial charge in [0.15, 0.2) is 0 Å². The zero-order valence-electron chi connectivity index (χ0n) is 10.6. The summed E-state index contributed by atoms with van der Waals surface area (Å²) in [4.78, 5) is 4.19. The van der Waals surface area contributed by atoms with E-state index in [9.17, 15) is 0 Å². The highest BCUT2D eigenvalue weighted by Crippen LogP contribution is 2.41. The van der Waals surface area contributed by atoms with Crippen LogP contribution in [0.5, 0.6) is 0 Å². The summed E-state index contributed by atoms with van der Waals surface area (Å²) in [5.74, 6) is 0.694. The summed E-state index contributed by atoms with van der Waals surface area (Å²) in [6, 6.07) is 6.04. The second-order valence-corrected chi connectivity index (χ2v) is 5.51. The van der Waals surface area contributed by atoms with Gasteiger partial charge in [0, 0.05) is 36.4 Å². The van der Waals surface area contributed by atoms with Crippen LogP contribution in [-0.4, -0.2) is 23.1 Å². The van der Waals surface area contributed by atoms with Gasteiger partial charge in [-0.05, 0) is 43.7 Å². The van der Waals surface area contributed by atoms with Crippen LogP contribution >= 0.6 is 12.4 Å². The number of aromatic nitrogens is 1. The average Bonchev–Trinajstić information content (AvgIpc) is 3.13. The Kier molecular flexibility index (Phi) is 4.60. The van der Waals surface area contributed by atoms with Gasteiger partial charge in [-0.3, -0.25) is 4.98 Å². The van der Waals surface area contributed by atoms with Gasteiger partial charge < -0.3 is 11.1 Å². The van der Waals surface area contributed by atoms with Crippen LogP contribution in [-0.2, 0) is 0 Å². The van der Waals surface area contributed by atoms with E-state index in [1.165, 1.54) is 37.7 Å². The minimum atomic E-state index is 0. The minimum absolute atomic E-state index is 0. The van der Waals surface area contributed by atoms with Crippen molar-refractivity contribution in [2.75, 3.05) is 0 Å². The molecule has 0 bridgehead atoms. The van der Waals surface area contributed by atoms with Crippen molar-refractivity contribution in [3.05, 3.63) is 30.1 Å². The fourth-order valence-electron chi connectivity index (χ4n) is 2.93. The molecule has 100 valence electrons. The van der Waals surface area contributed by atoms with E-state index in [0.717, 1.165) is 0 Å². The summed E-state index contributed by atoms with van der Waals surface area (Å²) in [7, 11) is 0. The van der Waals surface area contributed by atoms with Crippen molar-refractivity contribution in [2.45, 2.75) is 56.1 Å². The maximum absolute atomic E-state index is 5.93. The number of hydrogen-bond donors (Lipinski definition) is 2. The Morgan fingerprint density at radius 3 is 2.67 bits per heavy atom. The van der Waals surface area contributed by atoms with Gasteiger partial charge in [0.05, 0.1) is 0 Å². The third-order valence-corrected chi connectivity index (χ3v) is 4.12. The van der Waals surface area contributed by atoms with Crippen LogP contribution in [0.15, 0.2) is 24.5 Å². The highest BCUT2D eigenvalue weighted by molar-refractivity contribution is 5.85. The number of nitrogens with zero attached hydrogens (tertiary/aromatic N) is 1. The van der Waals surface area contributed by atoms with Crippen molar-refractivity contribution in [2.24, 2.45) is 5.73 Å². The predicted octanol–water partition coefficient (Wildman–Crippen LogP) is 2.22. The lowest BCUT2D eigenvalue weighted by atomic mass is 9.92. The van der Waals surface area contributed by atoms with Crippen molar-refractivity contribution in [3.8, 4) is 0 Å². The van der Waals surface area contributed by atoms with Gasteiger partial charge in [0.2, 0.25) is 0 Å². The molecule has 3 N–H and O–H groups in total. The first-order valence-corrected chi connectivity index (χ1v) is 6.74. The van der Waals surface area contributed by atoms with E-state index in [0.29, 0.717) is 24.0 Å². The molecular formula is C14H22ClN3. The Balaban J connectivity index is 0.00000120. The molecule has 2 atom stereocenters. The molecule has 0 unspecified atom stereocenters. The summed E-state index contributed by atoms with van der Waals surface area (Å²) in [5, 5.41) is 3.78. The van der Waals surface area contributed by atoms with Crippen molar-refractivity contribution in [1.29, 1.82) is 0 Å². The molecule has 0 amide bonds. The maximum atomic E-state index is 5.93. The molecule has 0 spiro atoms. The van der Waals surface area contributed by atoms with Crippen LogP contribution in [0.3, 0.4) is 0 Å². The largest absolute Gasteiger partial charge is 0.328 e. The normalized spacial score (nSPS) is 34.7. The average molecular weight is 268 g/mol. The van der Waals surface area contributed by atoms with Gasteiger partial charge in [0.25, 0.3) is 0 Å². The van der Waals surface area contributed by atoms with E-state index < -0.39 is 0 Å². The number of nitrogens with two attached hydrogens (primary N) is 1. The molecule has 4 heteroatoms. The standard InChI is InChI=1S/C14H21N3.ClH/c15-11-3-5-12(6-4-11)17-14-8-13(14)10-2-1-7-16-9-10;/h1-2,7,9,11-14,17H,3-6,8,15H2;1H/t11?,12?,13-,14+;/m0./s1. The second kappa shape index (κ2) is 6.00. The molecule has 1 aromatic heterocycles. The Hall–Kier alpha value is -0.640. The smallest absolute Gasteiger partial charge is 0.0303 e. The quantitative estimate of drug-likeness (QED) is 0.883. The number of pyridine rings is 1. The van der Waals surface area contributed by atoms with E-state index in [1.807, 2.05) is 18.5 Å². The lowest BCUT2D eigenvalue weighted by Crippen LogP contribution is -2.38. The molecule has 2 saturated carbocycles. The fraction of sp³-hybridized carbons (Fsp3) is 0.643. The van der Waals surface area contributed by atoms with E-state index in [4.69, 9.17) is 5.73 Å². The first-order valence-electron chi connectivity index (χ1n) is 6.74. The zero-order chi connectivity index (χ0) is 11.7. The molecule has 3 nitrogen and oxygen atoms in total. The molecule has 2 aliphatic carbocycles. The van der Waals surface area contributed by atoms with Crippen molar-refractivity contribution >= 4 is 12.4 Å². The van der Waals surface area contributed by atoms with Gasteiger partial charge in [-0.1, -0.05) is 6.07 Å². The topological polar surface area (TPSA) is 50.9 Å². The lowest BCUT2D eigenvalue weighted by Gasteiger charge is -2.27. The van der Waals surface area contributed by atoms with E-state index in [1.54, 1.807) is 0 Å². The molecule has 0 saturated heterocycles. The van der Waals surface area contributed by atoms with E-state index in [-0.39, 0.29) is 12.4 Å². The van der Waals surface area contributed by atoms with Crippen LogP contribution in [0.25, 0.3) is 0 Å². The monoisotopic (exact) mass is 267 g/mol. The summed E-state index contributed by atoms with van der Waals surface area (Å²) in [5.41, 5.74) is 7.31. The summed E-state index contributed by atoms with van der Waals surface area (Å²) in [6.45, 7) is 0. The second-order valence-electron chi connectivity index (χ2n) is 5.51. The van der Waals surface area contributed by atoms with Crippen molar-refractivity contribution < 1.29 is 0 Å². The molecule has 2 fully saturated rings. The molecule has 0 aromatic carbocycles. The molecular weight excluding hydrogens is 246 g/mol. The van der Waals surface area contributed by atoms with Gasteiger partial charge in [-0.15, -0.1) is 12.4 Å². The molecule has 18 heavy (non-hydrogen) atoms. The third kappa shape index (κ3) is 3.22. The highest BCUT2D eigenvalue weighted by atomic mass is 35.5. The number of nitrogens with one attached hydrogen (secondary N) is 1. The SMILES string of the molecule is Cl.NC1CCC(N[C@@H]2C[C@H]2c2cccnc2)CC1. The predicted molar refractivity (Wildman–Crippen MR) is 76.0 cm³/mol. The number of hydrogen-bond acceptors (Lipinski definition) is 3. The molecule has 3 rings (SSSR count). The van der Waals surface area contributed by atoms with Gasteiger partial charge in [-0.2, -0.15) is 0 Å². The van der Waals surface area contributed by atoms with E-state index >= 15 is 0 Å². The van der Waals surface area contributed by atoms with Crippen LogP contribution < -0.4 is 11.1 Å². The summed E-state index contributed by atoms with van der Waals surface area (Å²) >= 11 is 0. The number of rotatable bonds is 3. The minimum Gasteiger partial charge on any atom is -0.328 e. The van der Waals surface area contributed by atoms with Crippen LogP contribution in [0.1, 0.15) is 43.6 Å². The van der Waals surface area contributed by atoms with Crippen LogP contribution in [0.4, 0.5) is 0 Å². The zero-order valence-corrected chi connectivity index (χ0v) is 11.4. The summed E-state index contributed by atoms with van der Waals surface area (Å²) < 4.78 is 0. The Morgan fingerprint density at radius 1 is 1.22 bits per heavy atom. The van der Waals surface area contributed by atoms with Gasteiger partial charge in [-0.25, -0.2) is 0 Å². The van der Waals surface area contributed by atoms with Gasteiger partial charge >= 0.3 is 0 Å². The van der Waals surface area contributed by atoms with Gasteiger partial charge in [0.1, 0.15) is 0 Å². The molecule has 0 radical (unpaired) electrons. The van der Waals surface area contributed by atoms with Crippen molar-refractivity contribution in [1.82, 2.24) is 10.3 Å². The van der Waals surface area contributed by atoms with Crippen LogP contribution in [0.2, 0.25) is 0 Å². The maximum Gasteiger partial charge on any atom is 0.0303 e. The van der Waals surface area contributed by atoms with E-state index in [2.05, 4.69) is 16.4 Å². The number of halogens is 1. The molecule has 0 aliphatic heterocycles. The first kappa shape index (κ1) is 13.8. The van der Waals surface area contributed by atoms with Crippen molar-refractivity contribution in [3.63, 3.8) is 0 Å². The molecule has 2 aliphatic rings. The molecule has 1 aromatic rings. The third-order valence-electron chi connectivity index (χ3n) is 4.12. The highest BCUT2D eigenvalue weighted by Gasteiger charge is 2.39. The van der Waals surface area contributed by atoms with Crippen LogP contribution in [0, 0.1) is 0 Å². The Bertz CT molecular complexity index is 363. The Morgan fingerprint density at radius 2 is 2.00 bits per heavy atom. The first-order chi connectivity index (χ1) is 8.33. The Labute approximate surface area is 115 Å². The summed E-state index contributed by atoms with van der Waals surface area (Å²) in [6.07, 6.45) is 9.98. The lowest BCUT2D eigenvalue weighted by molar-refractivity contribution is 0.339. The molecule has 1 heterocycles. The fourth-order valence-corrected chi connectivity index (χ4v) is 2.93.